The molecule has 0 aromatic rings. The SMILES string of the molecule is CC[C@H]1O[C@H](CC(=O)N(C)OC)[C@H](O)C[C@@H]1Br. The summed E-state index contributed by atoms with van der Waals surface area (Å²) in [6, 6.07) is 0. The zero-order chi connectivity index (χ0) is 13.0. The van der Waals surface area contributed by atoms with Crippen LogP contribution in [0.2, 0.25) is 0 Å². The molecule has 1 N–H and O–H groups in total. The van der Waals surface area contributed by atoms with E-state index in [4.69, 9.17) is 9.57 Å². The summed E-state index contributed by atoms with van der Waals surface area (Å²) in [5.41, 5.74) is 0. The van der Waals surface area contributed by atoms with Crippen molar-refractivity contribution >= 4 is 21.8 Å². The van der Waals surface area contributed by atoms with Gasteiger partial charge in [-0.05, 0) is 12.8 Å². The topological polar surface area (TPSA) is 59.0 Å². The van der Waals surface area contributed by atoms with Crippen molar-refractivity contribution < 1.29 is 19.5 Å². The quantitative estimate of drug-likeness (QED) is 0.624. The van der Waals surface area contributed by atoms with Crippen LogP contribution in [0.25, 0.3) is 0 Å². The Hall–Kier alpha value is -0.170. The van der Waals surface area contributed by atoms with Gasteiger partial charge in [-0.3, -0.25) is 9.63 Å². The van der Waals surface area contributed by atoms with E-state index in [1.165, 1.54) is 7.11 Å². The zero-order valence-electron chi connectivity index (χ0n) is 10.4. The minimum absolute atomic E-state index is 0.0454. The number of carbonyl (C=O) groups excluding carboxylic acids is 1. The maximum Gasteiger partial charge on any atom is 0.248 e. The van der Waals surface area contributed by atoms with Crippen LogP contribution in [-0.4, -0.2) is 53.4 Å². The molecule has 0 saturated carbocycles. The highest BCUT2D eigenvalue weighted by atomic mass is 79.9. The van der Waals surface area contributed by atoms with E-state index < -0.39 is 12.2 Å². The largest absolute Gasteiger partial charge is 0.390 e. The molecule has 1 amide bonds. The minimum atomic E-state index is -0.614. The molecular weight excluding hydrogens is 290 g/mol. The van der Waals surface area contributed by atoms with E-state index in [-0.39, 0.29) is 23.3 Å². The highest BCUT2D eigenvalue weighted by Gasteiger charge is 2.36. The van der Waals surface area contributed by atoms with Crippen LogP contribution in [-0.2, 0) is 14.4 Å². The molecule has 0 aliphatic carbocycles. The molecule has 1 aliphatic rings. The van der Waals surface area contributed by atoms with Gasteiger partial charge in [0.15, 0.2) is 0 Å². The number of aliphatic hydroxyl groups is 1. The number of hydrogen-bond donors (Lipinski definition) is 1. The molecule has 4 atom stereocenters. The molecule has 0 unspecified atom stereocenters. The van der Waals surface area contributed by atoms with Crippen molar-refractivity contribution in [3.8, 4) is 0 Å². The summed E-state index contributed by atoms with van der Waals surface area (Å²) in [5, 5.41) is 11.0. The number of carbonyl (C=O) groups is 1. The third-order valence-corrected chi connectivity index (χ3v) is 4.02. The zero-order valence-corrected chi connectivity index (χ0v) is 12.0. The molecular formula is C11H20BrNO4. The van der Waals surface area contributed by atoms with Crippen molar-refractivity contribution in [2.45, 2.75) is 49.3 Å². The fourth-order valence-corrected chi connectivity index (χ4v) is 2.75. The molecule has 17 heavy (non-hydrogen) atoms. The molecule has 1 saturated heterocycles. The lowest BCUT2D eigenvalue weighted by Crippen LogP contribution is -2.46. The third kappa shape index (κ3) is 3.91. The van der Waals surface area contributed by atoms with Crippen LogP contribution in [0, 0.1) is 0 Å². The average Bonchev–Trinajstić information content (AvgIpc) is 2.31. The second kappa shape index (κ2) is 6.68. The molecule has 1 aliphatic heterocycles. The molecule has 0 aromatic carbocycles. The maximum absolute atomic E-state index is 11.7. The molecule has 1 fully saturated rings. The Morgan fingerprint density at radius 3 is 2.76 bits per heavy atom. The van der Waals surface area contributed by atoms with Crippen molar-refractivity contribution in [3.63, 3.8) is 0 Å². The molecule has 0 aromatic heterocycles. The van der Waals surface area contributed by atoms with Gasteiger partial charge in [0.05, 0.1) is 31.8 Å². The Kier molecular flexibility index (Phi) is 5.85. The maximum atomic E-state index is 11.7. The number of hydrogen-bond acceptors (Lipinski definition) is 4. The van der Waals surface area contributed by atoms with Crippen LogP contribution in [0.15, 0.2) is 0 Å². The van der Waals surface area contributed by atoms with E-state index in [9.17, 15) is 9.90 Å². The van der Waals surface area contributed by atoms with Gasteiger partial charge in [-0.2, -0.15) is 0 Å². The summed E-state index contributed by atoms with van der Waals surface area (Å²) in [7, 11) is 2.97. The Morgan fingerprint density at radius 2 is 2.24 bits per heavy atom. The van der Waals surface area contributed by atoms with Crippen LogP contribution < -0.4 is 0 Å². The number of aliphatic hydroxyl groups excluding tert-OH is 1. The van der Waals surface area contributed by atoms with Crippen molar-refractivity contribution in [2.75, 3.05) is 14.2 Å². The number of amides is 1. The first-order valence-corrected chi connectivity index (χ1v) is 6.69. The van der Waals surface area contributed by atoms with E-state index >= 15 is 0 Å². The second-order valence-electron chi connectivity index (χ2n) is 4.22. The monoisotopic (exact) mass is 309 g/mol. The highest BCUT2D eigenvalue weighted by Crippen LogP contribution is 2.29. The molecule has 0 radical (unpaired) electrons. The minimum Gasteiger partial charge on any atom is -0.390 e. The van der Waals surface area contributed by atoms with E-state index in [2.05, 4.69) is 15.9 Å². The highest BCUT2D eigenvalue weighted by molar-refractivity contribution is 9.09. The van der Waals surface area contributed by atoms with Crippen molar-refractivity contribution in [2.24, 2.45) is 0 Å². The number of rotatable bonds is 4. The molecule has 100 valence electrons. The summed E-state index contributed by atoms with van der Waals surface area (Å²) in [5.74, 6) is -0.195. The van der Waals surface area contributed by atoms with Gasteiger partial charge in [0, 0.05) is 11.9 Å². The normalized spacial score (nSPS) is 33.5. The number of halogens is 1. The molecule has 0 bridgehead atoms. The Labute approximate surface area is 110 Å². The standard InChI is InChI=1S/C11H20BrNO4/c1-4-9-7(12)5-8(14)10(17-9)6-11(15)13(2)16-3/h7-10,14H,4-6H2,1-3H3/t7-,8+,9+,10+/m0/s1. The van der Waals surface area contributed by atoms with Crippen LogP contribution in [0.3, 0.4) is 0 Å². The molecule has 6 heteroatoms. The summed E-state index contributed by atoms with van der Waals surface area (Å²) in [6.07, 6.45) is 0.585. The molecule has 1 heterocycles. The van der Waals surface area contributed by atoms with Crippen LogP contribution in [0.4, 0.5) is 0 Å². The van der Waals surface area contributed by atoms with E-state index in [1.54, 1.807) is 7.05 Å². The number of ether oxygens (including phenoxy) is 1. The summed E-state index contributed by atoms with van der Waals surface area (Å²) < 4.78 is 5.73. The summed E-state index contributed by atoms with van der Waals surface area (Å²) >= 11 is 3.49. The van der Waals surface area contributed by atoms with Crippen molar-refractivity contribution in [1.82, 2.24) is 5.06 Å². The molecule has 1 rings (SSSR count). The van der Waals surface area contributed by atoms with Gasteiger partial charge in [-0.25, -0.2) is 5.06 Å². The third-order valence-electron chi connectivity index (χ3n) is 3.05. The Bertz CT molecular complexity index is 264. The average molecular weight is 310 g/mol. The van der Waals surface area contributed by atoms with Gasteiger partial charge in [-0.1, -0.05) is 22.9 Å². The lowest BCUT2D eigenvalue weighted by Gasteiger charge is -2.37. The first kappa shape index (κ1) is 14.9. The van der Waals surface area contributed by atoms with Gasteiger partial charge in [0.1, 0.15) is 0 Å². The van der Waals surface area contributed by atoms with Crippen molar-refractivity contribution in [1.29, 1.82) is 0 Å². The fourth-order valence-electron chi connectivity index (χ4n) is 1.87. The fraction of sp³-hybridized carbons (Fsp3) is 0.909. The first-order chi connectivity index (χ1) is 7.99. The van der Waals surface area contributed by atoms with Crippen LogP contribution >= 0.6 is 15.9 Å². The smallest absolute Gasteiger partial charge is 0.248 e. The predicted molar refractivity (Wildman–Crippen MR) is 66.7 cm³/mol. The molecule has 0 spiro atoms. The van der Waals surface area contributed by atoms with E-state index in [0.29, 0.717) is 6.42 Å². The van der Waals surface area contributed by atoms with E-state index in [1.807, 2.05) is 6.92 Å². The van der Waals surface area contributed by atoms with Crippen LogP contribution in [0.1, 0.15) is 26.2 Å². The predicted octanol–water partition coefficient (Wildman–Crippen LogP) is 1.09. The first-order valence-electron chi connectivity index (χ1n) is 5.77. The van der Waals surface area contributed by atoms with Gasteiger partial charge in [0.25, 0.3) is 0 Å². The van der Waals surface area contributed by atoms with E-state index in [0.717, 1.165) is 11.5 Å². The number of alkyl halides is 1. The number of nitrogens with zero attached hydrogens (tertiary/aromatic N) is 1. The van der Waals surface area contributed by atoms with Gasteiger partial charge >= 0.3 is 0 Å². The summed E-state index contributed by atoms with van der Waals surface area (Å²) in [4.78, 5) is 16.6. The van der Waals surface area contributed by atoms with Crippen molar-refractivity contribution in [3.05, 3.63) is 0 Å². The Balaban J connectivity index is 2.55. The lowest BCUT2D eigenvalue weighted by atomic mass is 9.97. The molecule has 5 nitrogen and oxygen atoms in total. The van der Waals surface area contributed by atoms with Gasteiger partial charge in [0.2, 0.25) is 5.91 Å². The van der Waals surface area contributed by atoms with Gasteiger partial charge in [-0.15, -0.1) is 0 Å². The Morgan fingerprint density at radius 1 is 1.59 bits per heavy atom. The second-order valence-corrected chi connectivity index (χ2v) is 5.39. The van der Waals surface area contributed by atoms with Crippen LogP contribution in [0.5, 0.6) is 0 Å². The lowest BCUT2D eigenvalue weighted by molar-refractivity contribution is -0.178. The number of hydroxylamine groups is 2. The van der Waals surface area contributed by atoms with Gasteiger partial charge < -0.3 is 9.84 Å². The summed E-state index contributed by atoms with van der Waals surface area (Å²) in [6.45, 7) is 2.02.